The predicted molar refractivity (Wildman–Crippen MR) is 98.1 cm³/mol. The van der Waals surface area contributed by atoms with Crippen molar-refractivity contribution in [3.8, 4) is 11.5 Å². The maximum atomic E-state index is 11.5. The molecule has 5 heteroatoms. The molecule has 0 aliphatic rings. The first-order valence-electron chi connectivity index (χ1n) is 7.19. The molecule has 120 valence electrons. The number of rotatable bonds is 5. The lowest BCUT2D eigenvalue weighted by molar-refractivity contribution is -0.116. The third-order valence-corrected chi connectivity index (χ3v) is 3.76. The standard InChI is InChI=1S/C18H19ClNO2P/c1-12-3-5-14(11-20-18(21)7-8-23)9-16(12)22-17-10-15(19)6-4-13(17)2/h3-10H,11,23H2,1-2H3,(H,20,21)/b8-7-. The van der Waals surface area contributed by atoms with E-state index in [1.165, 1.54) is 6.08 Å². The molecule has 0 aromatic heterocycles. The van der Waals surface area contributed by atoms with Crippen LogP contribution in [0.5, 0.6) is 11.5 Å². The van der Waals surface area contributed by atoms with Crippen molar-refractivity contribution < 1.29 is 9.53 Å². The lowest BCUT2D eigenvalue weighted by Gasteiger charge is -2.13. The Balaban J connectivity index is 2.17. The number of carbonyl (C=O) groups excluding carboxylic acids is 1. The molecule has 0 saturated heterocycles. The zero-order valence-electron chi connectivity index (χ0n) is 13.1. The Morgan fingerprint density at radius 3 is 2.52 bits per heavy atom. The Morgan fingerprint density at radius 1 is 1.17 bits per heavy atom. The van der Waals surface area contributed by atoms with Gasteiger partial charge in [-0.3, -0.25) is 4.79 Å². The molecule has 0 heterocycles. The maximum Gasteiger partial charge on any atom is 0.244 e. The number of ether oxygens (including phenoxy) is 1. The first-order valence-corrected chi connectivity index (χ1v) is 8.23. The fourth-order valence-electron chi connectivity index (χ4n) is 2.00. The van der Waals surface area contributed by atoms with Crippen molar-refractivity contribution in [3.63, 3.8) is 0 Å². The molecule has 2 aromatic rings. The summed E-state index contributed by atoms with van der Waals surface area (Å²) in [4.78, 5) is 11.5. The van der Waals surface area contributed by atoms with Crippen LogP contribution in [0.25, 0.3) is 0 Å². The molecule has 0 aliphatic heterocycles. The van der Waals surface area contributed by atoms with Gasteiger partial charge < -0.3 is 10.1 Å². The lowest BCUT2D eigenvalue weighted by Crippen LogP contribution is -2.20. The van der Waals surface area contributed by atoms with Gasteiger partial charge in [0.15, 0.2) is 0 Å². The largest absolute Gasteiger partial charge is 0.457 e. The zero-order valence-corrected chi connectivity index (χ0v) is 15.0. The highest BCUT2D eigenvalue weighted by Crippen LogP contribution is 2.30. The van der Waals surface area contributed by atoms with E-state index in [9.17, 15) is 4.79 Å². The number of hydrogen-bond donors (Lipinski definition) is 1. The molecule has 0 aliphatic carbocycles. The number of aryl methyl sites for hydroxylation is 2. The molecule has 0 saturated carbocycles. The van der Waals surface area contributed by atoms with Crippen LogP contribution in [0.15, 0.2) is 48.3 Å². The van der Waals surface area contributed by atoms with Crippen LogP contribution < -0.4 is 10.1 Å². The highest BCUT2D eigenvalue weighted by atomic mass is 35.5. The summed E-state index contributed by atoms with van der Waals surface area (Å²) in [5, 5.41) is 3.45. The third-order valence-electron chi connectivity index (χ3n) is 3.34. The first kappa shape index (κ1) is 17.5. The van der Waals surface area contributed by atoms with Crippen LogP contribution in [0.1, 0.15) is 16.7 Å². The molecular weight excluding hydrogens is 329 g/mol. The van der Waals surface area contributed by atoms with E-state index in [2.05, 4.69) is 14.6 Å². The average Bonchev–Trinajstić information content (AvgIpc) is 2.52. The molecule has 0 radical (unpaired) electrons. The normalized spacial score (nSPS) is 10.8. The minimum atomic E-state index is -0.131. The second-order valence-corrected chi connectivity index (χ2v) is 6.01. The van der Waals surface area contributed by atoms with Crippen LogP contribution in [-0.2, 0) is 11.3 Å². The smallest absolute Gasteiger partial charge is 0.244 e. The SMILES string of the molecule is Cc1ccc(Cl)cc1Oc1cc(CNC(=O)/C=C\P)ccc1C. The van der Waals surface area contributed by atoms with E-state index in [-0.39, 0.29) is 5.91 Å². The van der Waals surface area contributed by atoms with Gasteiger partial charge in [0.1, 0.15) is 11.5 Å². The number of carbonyl (C=O) groups is 1. The summed E-state index contributed by atoms with van der Waals surface area (Å²) < 4.78 is 6.00. The molecule has 23 heavy (non-hydrogen) atoms. The van der Waals surface area contributed by atoms with Crippen molar-refractivity contribution in [2.24, 2.45) is 0 Å². The molecule has 3 nitrogen and oxygen atoms in total. The molecule has 0 spiro atoms. The fraction of sp³-hybridized carbons (Fsp3) is 0.167. The van der Waals surface area contributed by atoms with Crippen molar-refractivity contribution in [2.75, 3.05) is 0 Å². The van der Waals surface area contributed by atoms with Gasteiger partial charge in [-0.15, -0.1) is 9.24 Å². The van der Waals surface area contributed by atoms with Crippen molar-refractivity contribution in [3.05, 3.63) is 70.0 Å². The monoisotopic (exact) mass is 347 g/mol. The summed E-state index contributed by atoms with van der Waals surface area (Å²) in [7, 11) is 2.37. The van der Waals surface area contributed by atoms with Crippen LogP contribution in [0, 0.1) is 13.8 Å². The summed E-state index contributed by atoms with van der Waals surface area (Å²) in [5.74, 6) is 2.98. The van der Waals surface area contributed by atoms with Crippen molar-refractivity contribution >= 4 is 26.7 Å². The second kappa shape index (κ2) is 8.14. The van der Waals surface area contributed by atoms with E-state index in [0.717, 1.165) is 28.2 Å². The van der Waals surface area contributed by atoms with Crippen LogP contribution in [0.4, 0.5) is 0 Å². The fourth-order valence-corrected chi connectivity index (χ4v) is 2.34. The first-order chi connectivity index (χ1) is 11.0. The van der Waals surface area contributed by atoms with Crippen molar-refractivity contribution in [1.29, 1.82) is 0 Å². The van der Waals surface area contributed by atoms with Crippen LogP contribution in [0.2, 0.25) is 5.02 Å². The van der Waals surface area contributed by atoms with Crippen molar-refractivity contribution in [2.45, 2.75) is 20.4 Å². The van der Waals surface area contributed by atoms with Gasteiger partial charge in [0.05, 0.1) is 0 Å². The molecule has 2 aromatic carbocycles. The highest BCUT2D eigenvalue weighted by molar-refractivity contribution is 7.20. The van der Waals surface area contributed by atoms with Gasteiger partial charge in [0.2, 0.25) is 5.91 Å². The molecule has 1 atom stereocenters. The Labute approximate surface area is 143 Å². The third kappa shape index (κ3) is 5.09. The van der Waals surface area contributed by atoms with E-state index in [1.54, 1.807) is 11.9 Å². The van der Waals surface area contributed by atoms with Gasteiger partial charge in [-0.05, 0) is 48.7 Å². The Bertz CT molecular complexity index is 744. The van der Waals surface area contributed by atoms with E-state index >= 15 is 0 Å². The number of nitrogens with one attached hydrogen (secondary N) is 1. The van der Waals surface area contributed by atoms with Crippen LogP contribution >= 0.6 is 20.8 Å². The average molecular weight is 348 g/mol. The minimum Gasteiger partial charge on any atom is -0.457 e. The van der Waals surface area contributed by atoms with Gasteiger partial charge in [-0.25, -0.2) is 0 Å². The quantitative estimate of drug-likeness (QED) is 0.626. The molecule has 1 unspecified atom stereocenters. The molecule has 0 bridgehead atoms. The highest BCUT2D eigenvalue weighted by Gasteiger charge is 2.07. The van der Waals surface area contributed by atoms with E-state index in [0.29, 0.717) is 11.6 Å². The summed E-state index contributed by atoms with van der Waals surface area (Å²) in [6.45, 7) is 4.40. The Morgan fingerprint density at radius 2 is 1.83 bits per heavy atom. The van der Waals surface area contributed by atoms with Crippen molar-refractivity contribution in [1.82, 2.24) is 5.32 Å². The second-order valence-electron chi connectivity index (χ2n) is 5.19. The molecule has 1 amide bonds. The number of benzene rings is 2. The predicted octanol–water partition coefficient (Wildman–Crippen LogP) is 4.75. The van der Waals surface area contributed by atoms with E-state index in [1.807, 2.05) is 44.2 Å². The Kier molecular flexibility index (Phi) is 6.20. The molecular formula is C18H19ClNO2P. The van der Waals surface area contributed by atoms with Gasteiger partial charge >= 0.3 is 0 Å². The molecule has 2 rings (SSSR count). The Hall–Kier alpha value is -1.83. The maximum absolute atomic E-state index is 11.5. The molecule has 0 fully saturated rings. The minimum absolute atomic E-state index is 0.131. The summed E-state index contributed by atoms with van der Waals surface area (Å²) in [5.41, 5.74) is 3.00. The molecule has 1 N–H and O–H groups in total. The summed E-state index contributed by atoms with van der Waals surface area (Å²) >= 11 is 6.03. The van der Waals surface area contributed by atoms with E-state index < -0.39 is 0 Å². The van der Waals surface area contributed by atoms with E-state index in [4.69, 9.17) is 16.3 Å². The number of hydrogen-bond acceptors (Lipinski definition) is 2. The van der Waals surface area contributed by atoms with Gasteiger partial charge in [0, 0.05) is 17.6 Å². The number of halogens is 1. The van der Waals surface area contributed by atoms with Gasteiger partial charge in [-0.1, -0.05) is 35.6 Å². The number of amides is 1. The van der Waals surface area contributed by atoms with Crippen LogP contribution in [0.3, 0.4) is 0 Å². The van der Waals surface area contributed by atoms with Gasteiger partial charge in [0.25, 0.3) is 0 Å². The zero-order chi connectivity index (χ0) is 16.8. The van der Waals surface area contributed by atoms with Crippen LogP contribution in [-0.4, -0.2) is 5.91 Å². The lowest BCUT2D eigenvalue weighted by atomic mass is 10.1. The van der Waals surface area contributed by atoms with Gasteiger partial charge in [-0.2, -0.15) is 0 Å². The summed E-state index contributed by atoms with van der Waals surface area (Å²) in [6.07, 6.45) is 1.46. The summed E-state index contributed by atoms with van der Waals surface area (Å²) in [6, 6.07) is 11.4. The topological polar surface area (TPSA) is 38.3 Å².